The third-order valence-electron chi connectivity index (χ3n) is 2.76. The van der Waals surface area contributed by atoms with Crippen LogP contribution in [0.25, 0.3) is 22.2 Å². The first-order valence-corrected chi connectivity index (χ1v) is 6.06. The summed E-state index contributed by atoms with van der Waals surface area (Å²) in [4.78, 5) is 3.33. The lowest BCUT2D eigenvalue weighted by Crippen LogP contribution is -1.78. The number of hydrogen-bond donors (Lipinski definition) is 1. The number of hydrogen-bond acceptors (Lipinski definition) is 0. The van der Waals surface area contributed by atoms with E-state index < -0.39 is 0 Å². The van der Waals surface area contributed by atoms with Crippen LogP contribution in [0.15, 0.2) is 53.0 Å². The van der Waals surface area contributed by atoms with Crippen molar-refractivity contribution in [1.29, 1.82) is 0 Å². The van der Waals surface area contributed by atoms with Crippen LogP contribution in [0.1, 0.15) is 0 Å². The summed E-state index contributed by atoms with van der Waals surface area (Å²) < 4.78 is 13.9. The molecule has 1 heterocycles. The van der Waals surface area contributed by atoms with E-state index in [1.165, 1.54) is 12.1 Å². The van der Waals surface area contributed by atoms with Crippen LogP contribution in [0, 0.1) is 5.82 Å². The maximum absolute atomic E-state index is 12.9. The van der Waals surface area contributed by atoms with Gasteiger partial charge in [-0.3, -0.25) is 0 Å². The van der Waals surface area contributed by atoms with E-state index in [-0.39, 0.29) is 5.82 Å². The molecule has 2 aromatic carbocycles. The molecule has 0 saturated carbocycles. The number of aromatic nitrogens is 1. The highest BCUT2D eigenvalue weighted by atomic mass is 79.9. The molecule has 0 aliphatic heterocycles. The van der Waals surface area contributed by atoms with Gasteiger partial charge in [0, 0.05) is 15.6 Å². The summed E-state index contributed by atoms with van der Waals surface area (Å²) in [7, 11) is 0. The molecule has 0 bridgehead atoms. The molecule has 0 aliphatic carbocycles. The van der Waals surface area contributed by atoms with Crippen molar-refractivity contribution in [3.05, 3.63) is 58.8 Å². The Hall–Kier alpha value is -1.61. The number of fused-ring (bicyclic) bond motifs is 1. The minimum Gasteiger partial charge on any atom is -0.354 e. The third kappa shape index (κ3) is 1.87. The van der Waals surface area contributed by atoms with Crippen LogP contribution in [-0.2, 0) is 0 Å². The van der Waals surface area contributed by atoms with Crippen molar-refractivity contribution in [2.24, 2.45) is 0 Å². The molecule has 0 saturated heterocycles. The number of aromatic amines is 1. The molecule has 0 fully saturated rings. The van der Waals surface area contributed by atoms with E-state index >= 15 is 0 Å². The molecule has 0 radical (unpaired) electrons. The van der Waals surface area contributed by atoms with Gasteiger partial charge in [0.25, 0.3) is 0 Å². The summed E-state index contributed by atoms with van der Waals surface area (Å²) in [6.45, 7) is 0. The normalized spacial score (nSPS) is 10.9. The smallest absolute Gasteiger partial charge is 0.123 e. The van der Waals surface area contributed by atoms with Gasteiger partial charge in [-0.05, 0) is 57.9 Å². The first-order valence-electron chi connectivity index (χ1n) is 5.27. The van der Waals surface area contributed by atoms with Gasteiger partial charge < -0.3 is 4.98 Å². The number of nitrogens with one attached hydrogen (secondary N) is 1. The highest BCUT2D eigenvalue weighted by molar-refractivity contribution is 9.10. The van der Waals surface area contributed by atoms with Crippen molar-refractivity contribution in [3.8, 4) is 11.3 Å². The predicted molar refractivity (Wildman–Crippen MR) is 71.4 cm³/mol. The molecule has 0 spiro atoms. The van der Waals surface area contributed by atoms with Gasteiger partial charge in [0.2, 0.25) is 0 Å². The summed E-state index contributed by atoms with van der Waals surface area (Å²) in [6, 6.07) is 14.6. The topological polar surface area (TPSA) is 15.8 Å². The largest absolute Gasteiger partial charge is 0.354 e. The lowest BCUT2D eigenvalue weighted by atomic mass is 10.1. The fourth-order valence-electron chi connectivity index (χ4n) is 1.90. The Balaban J connectivity index is 2.18. The Morgan fingerprint density at radius 1 is 1.00 bits per heavy atom. The number of para-hydroxylation sites is 1. The molecular weight excluding hydrogens is 281 g/mol. The van der Waals surface area contributed by atoms with Crippen molar-refractivity contribution < 1.29 is 4.39 Å². The Bertz CT molecular complexity index is 670. The van der Waals surface area contributed by atoms with Crippen LogP contribution in [0.4, 0.5) is 4.39 Å². The van der Waals surface area contributed by atoms with E-state index in [1.807, 2.05) is 18.2 Å². The quantitative estimate of drug-likeness (QED) is 0.666. The van der Waals surface area contributed by atoms with Gasteiger partial charge in [-0.2, -0.15) is 0 Å². The lowest BCUT2D eigenvalue weighted by Gasteiger charge is -1.96. The second-order valence-electron chi connectivity index (χ2n) is 3.89. The van der Waals surface area contributed by atoms with Gasteiger partial charge in [0.1, 0.15) is 5.82 Å². The maximum Gasteiger partial charge on any atom is 0.123 e. The average molecular weight is 290 g/mol. The Morgan fingerprint density at radius 3 is 2.47 bits per heavy atom. The summed E-state index contributed by atoms with van der Waals surface area (Å²) in [5, 5.41) is 1.14. The van der Waals surface area contributed by atoms with E-state index in [2.05, 4.69) is 27.0 Å². The molecule has 17 heavy (non-hydrogen) atoms. The third-order valence-corrected chi connectivity index (χ3v) is 3.42. The van der Waals surface area contributed by atoms with Gasteiger partial charge in [0.15, 0.2) is 0 Å². The maximum atomic E-state index is 12.9. The molecule has 3 aromatic rings. The second-order valence-corrected chi connectivity index (χ2v) is 4.75. The minimum atomic E-state index is -0.217. The minimum absolute atomic E-state index is 0.217. The van der Waals surface area contributed by atoms with Gasteiger partial charge in [-0.25, -0.2) is 4.39 Å². The molecule has 1 aromatic heterocycles. The second kappa shape index (κ2) is 4.00. The Labute approximate surface area is 106 Å². The number of H-pyrrole nitrogens is 1. The lowest BCUT2D eigenvalue weighted by molar-refractivity contribution is 0.628. The van der Waals surface area contributed by atoms with Gasteiger partial charge in [0.05, 0.1) is 5.52 Å². The molecule has 0 amide bonds. The van der Waals surface area contributed by atoms with Crippen LogP contribution < -0.4 is 0 Å². The molecule has 84 valence electrons. The fraction of sp³-hybridized carbons (Fsp3) is 0. The zero-order valence-corrected chi connectivity index (χ0v) is 10.5. The van der Waals surface area contributed by atoms with Gasteiger partial charge >= 0.3 is 0 Å². The van der Waals surface area contributed by atoms with E-state index in [0.717, 1.165) is 26.6 Å². The number of benzene rings is 2. The van der Waals surface area contributed by atoms with Crippen LogP contribution >= 0.6 is 15.9 Å². The van der Waals surface area contributed by atoms with Crippen molar-refractivity contribution in [3.63, 3.8) is 0 Å². The van der Waals surface area contributed by atoms with E-state index in [9.17, 15) is 4.39 Å². The summed E-state index contributed by atoms with van der Waals surface area (Å²) in [5.74, 6) is -0.217. The van der Waals surface area contributed by atoms with Crippen LogP contribution in [0.5, 0.6) is 0 Å². The van der Waals surface area contributed by atoms with Gasteiger partial charge in [-0.1, -0.05) is 12.1 Å². The summed E-state index contributed by atoms with van der Waals surface area (Å²) >= 11 is 3.50. The molecule has 0 aliphatic rings. The van der Waals surface area contributed by atoms with E-state index in [1.54, 1.807) is 12.1 Å². The van der Waals surface area contributed by atoms with Crippen molar-refractivity contribution in [1.82, 2.24) is 4.98 Å². The Kier molecular flexibility index (Phi) is 2.48. The molecule has 0 atom stereocenters. The fourth-order valence-corrected chi connectivity index (χ4v) is 2.38. The zero-order valence-electron chi connectivity index (χ0n) is 8.87. The standard InChI is InChI=1S/C14H9BrFN/c15-12-3-1-2-10-8-13(17-14(10)12)9-4-6-11(16)7-5-9/h1-8,17H. The van der Waals surface area contributed by atoms with Gasteiger partial charge in [-0.15, -0.1) is 0 Å². The molecule has 3 rings (SSSR count). The van der Waals surface area contributed by atoms with E-state index in [4.69, 9.17) is 0 Å². The van der Waals surface area contributed by atoms with Crippen molar-refractivity contribution >= 4 is 26.8 Å². The molecule has 1 nitrogen and oxygen atoms in total. The predicted octanol–water partition coefficient (Wildman–Crippen LogP) is 4.74. The highest BCUT2D eigenvalue weighted by Crippen LogP contribution is 2.28. The SMILES string of the molecule is Fc1ccc(-c2cc3cccc(Br)c3[nH]2)cc1. The summed E-state index contributed by atoms with van der Waals surface area (Å²) in [5.41, 5.74) is 3.04. The molecule has 1 N–H and O–H groups in total. The molecule has 3 heteroatoms. The Morgan fingerprint density at radius 2 is 1.76 bits per heavy atom. The van der Waals surface area contributed by atoms with Crippen molar-refractivity contribution in [2.45, 2.75) is 0 Å². The first-order chi connectivity index (χ1) is 8.24. The number of rotatable bonds is 1. The molecule has 0 unspecified atom stereocenters. The highest BCUT2D eigenvalue weighted by Gasteiger charge is 2.05. The monoisotopic (exact) mass is 289 g/mol. The van der Waals surface area contributed by atoms with Crippen LogP contribution in [0.3, 0.4) is 0 Å². The number of halogens is 2. The summed E-state index contributed by atoms with van der Waals surface area (Å²) in [6.07, 6.45) is 0. The van der Waals surface area contributed by atoms with Crippen LogP contribution in [0.2, 0.25) is 0 Å². The zero-order chi connectivity index (χ0) is 11.8. The molecular formula is C14H9BrFN. The van der Waals surface area contributed by atoms with Crippen LogP contribution in [-0.4, -0.2) is 4.98 Å². The van der Waals surface area contributed by atoms with E-state index in [0.29, 0.717) is 0 Å². The first kappa shape index (κ1) is 10.5. The average Bonchev–Trinajstić information content (AvgIpc) is 2.75. The van der Waals surface area contributed by atoms with Crippen molar-refractivity contribution in [2.75, 3.05) is 0 Å².